The molecule has 49 heavy (non-hydrogen) atoms. The molecule has 9 aromatic rings. The zero-order valence-electron chi connectivity index (χ0n) is 26.8. The molecule has 0 bridgehead atoms. The molecule has 0 fully saturated rings. The molecule has 1 heterocycles. The van der Waals surface area contributed by atoms with Gasteiger partial charge < -0.3 is 14.2 Å². The zero-order chi connectivity index (χ0) is 32.6. The Hall–Kier alpha value is -6.58. The first-order chi connectivity index (χ1) is 24.3. The molecule has 0 spiro atoms. The third-order valence-electron chi connectivity index (χ3n) is 9.24. The largest absolute Gasteiger partial charge is 0.456 e. The molecule has 0 unspecified atom stereocenters. The molecule has 232 valence electrons. The van der Waals surface area contributed by atoms with Gasteiger partial charge in [0.05, 0.1) is 11.4 Å². The Kier molecular flexibility index (Phi) is 7.14. The first kappa shape index (κ1) is 28.6. The van der Waals surface area contributed by atoms with Gasteiger partial charge in [-0.1, -0.05) is 121 Å². The van der Waals surface area contributed by atoms with Crippen molar-refractivity contribution in [1.82, 2.24) is 0 Å². The van der Waals surface area contributed by atoms with Gasteiger partial charge in [0.25, 0.3) is 0 Å². The van der Waals surface area contributed by atoms with E-state index >= 15 is 0 Å². The third-order valence-corrected chi connectivity index (χ3v) is 9.24. The van der Waals surface area contributed by atoms with Gasteiger partial charge in [-0.15, -0.1) is 0 Å². The van der Waals surface area contributed by atoms with Crippen LogP contribution in [0, 0.1) is 0 Å². The van der Waals surface area contributed by atoms with Gasteiger partial charge in [0.2, 0.25) is 0 Å². The van der Waals surface area contributed by atoms with Gasteiger partial charge >= 0.3 is 0 Å². The molecule has 9 rings (SSSR count). The second kappa shape index (κ2) is 12.2. The Balaban J connectivity index is 1.23. The summed E-state index contributed by atoms with van der Waals surface area (Å²) in [4.78, 5) is 4.71. The first-order valence-corrected chi connectivity index (χ1v) is 16.6. The predicted molar refractivity (Wildman–Crippen MR) is 206 cm³/mol. The topological polar surface area (TPSA) is 19.6 Å². The Morgan fingerprint density at radius 2 is 0.735 bits per heavy atom. The summed E-state index contributed by atoms with van der Waals surface area (Å²) < 4.78 is 6.20. The maximum atomic E-state index is 6.20. The van der Waals surface area contributed by atoms with E-state index in [1.54, 1.807) is 0 Å². The van der Waals surface area contributed by atoms with Crippen LogP contribution in [0.3, 0.4) is 0 Å². The van der Waals surface area contributed by atoms with Crippen molar-refractivity contribution < 1.29 is 4.42 Å². The standard InChI is InChI=1S/C46H32N2O/c1-4-14-33(15-5-1)34-26-28-37(29-27-34)47(35-16-6-2-7-17-35)43-23-12-22-40-39(43)21-13-24-44(40)48(36-18-8-3-9-19-36)38-30-31-46-42(32-38)41-20-10-11-25-45(41)49-46/h1-32H. The van der Waals surface area contributed by atoms with Crippen molar-refractivity contribution in [3.05, 3.63) is 194 Å². The predicted octanol–water partition coefficient (Wildman–Crippen LogP) is 13.3. The summed E-state index contributed by atoms with van der Waals surface area (Å²) in [5.74, 6) is 0. The second-order valence-corrected chi connectivity index (χ2v) is 12.2. The Morgan fingerprint density at radius 1 is 0.286 bits per heavy atom. The van der Waals surface area contributed by atoms with Crippen LogP contribution in [-0.4, -0.2) is 0 Å². The summed E-state index contributed by atoms with van der Waals surface area (Å²) in [6.07, 6.45) is 0. The summed E-state index contributed by atoms with van der Waals surface area (Å²) in [5, 5.41) is 4.53. The lowest BCUT2D eigenvalue weighted by Gasteiger charge is -2.30. The van der Waals surface area contributed by atoms with Crippen molar-refractivity contribution >= 4 is 66.8 Å². The van der Waals surface area contributed by atoms with Crippen LogP contribution < -0.4 is 9.80 Å². The molecule has 0 amide bonds. The third kappa shape index (κ3) is 5.18. The molecule has 0 atom stereocenters. The van der Waals surface area contributed by atoms with Crippen LogP contribution in [0.15, 0.2) is 199 Å². The van der Waals surface area contributed by atoms with Crippen LogP contribution in [0.5, 0.6) is 0 Å². The van der Waals surface area contributed by atoms with Gasteiger partial charge in [-0.25, -0.2) is 0 Å². The number of nitrogens with zero attached hydrogens (tertiary/aromatic N) is 2. The molecule has 0 aliphatic carbocycles. The number of hydrogen-bond donors (Lipinski definition) is 0. The van der Waals surface area contributed by atoms with Crippen molar-refractivity contribution in [3.63, 3.8) is 0 Å². The number of benzene rings is 8. The van der Waals surface area contributed by atoms with Crippen molar-refractivity contribution in [2.45, 2.75) is 0 Å². The molecule has 0 N–H and O–H groups in total. The van der Waals surface area contributed by atoms with E-state index < -0.39 is 0 Å². The zero-order valence-corrected chi connectivity index (χ0v) is 26.8. The van der Waals surface area contributed by atoms with E-state index in [-0.39, 0.29) is 0 Å². The first-order valence-electron chi connectivity index (χ1n) is 16.6. The highest BCUT2D eigenvalue weighted by molar-refractivity contribution is 6.09. The highest BCUT2D eigenvalue weighted by Crippen LogP contribution is 2.45. The lowest BCUT2D eigenvalue weighted by Crippen LogP contribution is -2.12. The van der Waals surface area contributed by atoms with E-state index in [9.17, 15) is 0 Å². The van der Waals surface area contributed by atoms with Crippen LogP contribution in [0.1, 0.15) is 0 Å². The average Bonchev–Trinajstić information content (AvgIpc) is 3.55. The number of para-hydroxylation sites is 3. The minimum absolute atomic E-state index is 0.884. The monoisotopic (exact) mass is 628 g/mol. The van der Waals surface area contributed by atoms with Crippen molar-refractivity contribution in [2.75, 3.05) is 9.80 Å². The summed E-state index contributed by atoms with van der Waals surface area (Å²) in [6, 6.07) is 68.6. The van der Waals surface area contributed by atoms with E-state index in [0.717, 1.165) is 66.8 Å². The molecule has 0 saturated heterocycles. The molecule has 1 aromatic heterocycles. The van der Waals surface area contributed by atoms with Crippen LogP contribution in [-0.2, 0) is 0 Å². The fourth-order valence-corrected chi connectivity index (χ4v) is 6.96. The Bertz CT molecular complexity index is 2540. The molecule has 0 saturated carbocycles. The lowest BCUT2D eigenvalue weighted by atomic mass is 10.0. The van der Waals surface area contributed by atoms with Crippen molar-refractivity contribution in [3.8, 4) is 11.1 Å². The molecule has 0 radical (unpaired) electrons. The van der Waals surface area contributed by atoms with Gasteiger partial charge in [-0.3, -0.25) is 0 Å². The van der Waals surface area contributed by atoms with E-state index in [2.05, 4.69) is 192 Å². The average molecular weight is 629 g/mol. The number of fused-ring (bicyclic) bond motifs is 4. The smallest absolute Gasteiger partial charge is 0.135 e. The molecule has 3 heteroatoms. The van der Waals surface area contributed by atoms with Gasteiger partial charge in [-0.05, 0) is 83.9 Å². The highest BCUT2D eigenvalue weighted by Gasteiger charge is 2.20. The fraction of sp³-hybridized carbons (Fsp3) is 0. The van der Waals surface area contributed by atoms with Crippen molar-refractivity contribution in [1.29, 1.82) is 0 Å². The van der Waals surface area contributed by atoms with E-state index in [4.69, 9.17) is 4.42 Å². The van der Waals surface area contributed by atoms with Crippen LogP contribution in [0.2, 0.25) is 0 Å². The molecule has 0 aliphatic rings. The van der Waals surface area contributed by atoms with Gasteiger partial charge in [0.15, 0.2) is 0 Å². The number of rotatable bonds is 7. The van der Waals surface area contributed by atoms with Crippen LogP contribution in [0.25, 0.3) is 43.8 Å². The lowest BCUT2D eigenvalue weighted by molar-refractivity contribution is 0.669. The number of anilines is 6. The van der Waals surface area contributed by atoms with Crippen molar-refractivity contribution in [2.24, 2.45) is 0 Å². The molecule has 3 nitrogen and oxygen atoms in total. The maximum Gasteiger partial charge on any atom is 0.135 e. The van der Waals surface area contributed by atoms with Gasteiger partial charge in [0.1, 0.15) is 11.2 Å². The second-order valence-electron chi connectivity index (χ2n) is 12.2. The van der Waals surface area contributed by atoms with Crippen LogP contribution in [0.4, 0.5) is 34.1 Å². The quantitative estimate of drug-likeness (QED) is 0.175. The van der Waals surface area contributed by atoms with E-state index in [1.807, 2.05) is 12.1 Å². The van der Waals surface area contributed by atoms with E-state index in [1.165, 1.54) is 11.1 Å². The normalized spacial score (nSPS) is 11.3. The summed E-state index contributed by atoms with van der Waals surface area (Å²) in [7, 11) is 0. The summed E-state index contributed by atoms with van der Waals surface area (Å²) >= 11 is 0. The minimum Gasteiger partial charge on any atom is -0.456 e. The minimum atomic E-state index is 0.884. The molecule has 8 aromatic carbocycles. The van der Waals surface area contributed by atoms with Crippen LogP contribution >= 0.6 is 0 Å². The Labute approximate surface area is 285 Å². The number of hydrogen-bond acceptors (Lipinski definition) is 3. The summed E-state index contributed by atoms with van der Waals surface area (Å²) in [5.41, 5.74) is 10.8. The molecular weight excluding hydrogens is 597 g/mol. The molecule has 0 aliphatic heterocycles. The number of furan rings is 1. The highest BCUT2D eigenvalue weighted by atomic mass is 16.3. The fourth-order valence-electron chi connectivity index (χ4n) is 6.96. The van der Waals surface area contributed by atoms with Gasteiger partial charge in [0, 0.05) is 44.3 Å². The molecular formula is C46H32N2O. The maximum absolute atomic E-state index is 6.20. The SMILES string of the molecule is c1ccc(-c2ccc(N(c3ccccc3)c3cccc4c(N(c5ccccc5)c5ccc6oc7ccccc7c6c5)cccc34)cc2)cc1. The summed E-state index contributed by atoms with van der Waals surface area (Å²) in [6.45, 7) is 0. The Morgan fingerprint density at radius 3 is 1.37 bits per heavy atom. The van der Waals surface area contributed by atoms with Gasteiger partial charge in [-0.2, -0.15) is 0 Å². The van der Waals surface area contributed by atoms with E-state index in [0.29, 0.717) is 0 Å².